The van der Waals surface area contributed by atoms with Gasteiger partial charge in [-0.3, -0.25) is 9.59 Å². The Morgan fingerprint density at radius 1 is 1.25 bits per heavy atom. The molecule has 0 aliphatic carbocycles. The maximum Gasteiger partial charge on any atom is 0.253 e. The van der Waals surface area contributed by atoms with Crippen LogP contribution in [0.4, 0.5) is 5.69 Å². The molecule has 1 amide bonds. The number of aromatic amines is 1. The lowest BCUT2D eigenvalue weighted by Crippen LogP contribution is -2.34. The third-order valence-corrected chi connectivity index (χ3v) is 4.67. The molecule has 0 bridgehead atoms. The summed E-state index contributed by atoms with van der Waals surface area (Å²) in [5.74, 6) is -0.176. The van der Waals surface area contributed by atoms with Crippen LogP contribution in [0.25, 0.3) is 0 Å². The molecule has 126 valence electrons. The van der Waals surface area contributed by atoms with Crippen molar-refractivity contribution in [2.24, 2.45) is 0 Å². The van der Waals surface area contributed by atoms with Crippen LogP contribution in [-0.4, -0.2) is 36.3 Å². The normalized spacial score (nSPS) is 13.0. The number of H-pyrrole nitrogens is 1. The van der Waals surface area contributed by atoms with Crippen molar-refractivity contribution in [3.8, 4) is 0 Å². The number of Topliss-reactive ketones (excluding diaryl/α,β-unsaturated/α-hetero) is 1. The zero-order chi connectivity index (χ0) is 17.3. The average molecular weight is 325 g/mol. The summed E-state index contributed by atoms with van der Waals surface area (Å²) in [5, 5.41) is 2.98. The molecule has 1 aliphatic rings. The van der Waals surface area contributed by atoms with E-state index in [1.165, 1.54) is 18.2 Å². The van der Waals surface area contributed by atoms with Crippen molar-refractivity contribution in [3.63, 3.8) is 0 Å². The molecule has 2 aromatic rings. The lowest BCUT2D eigenvalue weighted by Gasteiger charge is -2.19. The first kappa shape index (κ1) is 16.3. The van der Waals surface area contributed by atoms with E-state index in [1.54, 1.807) is 0 Å². The van der Waals surface area contributed by atoms with Gasteiger partial charge in [0.2, 0.25) is 0 Å². The minimum Gasteiger partial charge on any atom is -0.369 e. The van der Waals surface area contributed by atoms with E-state index in [-0.39, 0.29) is 11.7 Å². The molecular weight excluding hydrogens is 302 g/mol. The minimum atomic E-state index is -0.124. The van der Waals surface area contributed by atoms with Crippen molar-refractivity contribution in [2.45, 2.75) is 27.2 Å². The van der Waals surface area contributed by atoms with E-state index in [4.69, 9.17) is 0 Å². The summed E-state index contributed by atoms with van der Waals surface area (Å²) >= 11 is 0. The van der Waals surface area contributed by atoms with Crippen molar-refractivity contribution in [1.29, 1.82) is 0 Å². The topological polar surface area (TPSA) is 65.2 Å². The Balaban J connectivity index is 1.62. The summed E-state index contributed by atoms with van der Waals surface area (Å²) < 4.78 is 0. The Kier molecular flexibility index (Phi) is 4.42. The first-order chi connectivity index (χ1) is 11.5. The highest BCUT2D eigenvalue weighted by molar-refractivity contribution is 6.02. The third kappa shape index (κ3) is 2.94. The van der Waals surface area contributed by atoms with Crippen LogP contribution in [0.1, 0.15) is 44.6 Å². The van der Waals surface area contributed by atoms with Gasteiger partial charge in [-0.05, 0) is 37.5 Å². The van der Waals surface area contributed by atoms with Crippen molar-refractivity contribution < 1.29 is 9.59 Å². The molecule has 0 atom stereocenters. The Bertz CT molecular complexity index is 792. The van der Waals surface area contributed by atoms with Gasteiger partial charge in [-0.2, -0.15) is 0 Å². The van der Waals surface area contributed by atoms with E-state index < -0.39 is 0 Å². The number of anilines is 1. The number of para-hydroxylation sites is 1. The van der Waals surface area contributed by atoms with Crippen LogP contribution in [0.15, 0.2) is 24.3 Å². The number of aromatic nitrogens is 1. The summed E-state index contributed by atoms with van der Waals surface area (Å²) in [6.45, 7) is 7.49. The number of rotatable bonds is 5. The largest absolute Gasteiger partial charge is 0.369 e. The number of carbonyl (C=O) groups is 2. The molecule has 1 aliphatic heterocycles. The van der Waals surface area contributed by atoms with Crippen LogP contribution in [0.5, 0.6) is 0 Å². The van der Waals surface area contributed by atoms with E-state index >= 15 is 0 Å². The average Bonchev–Trinajstić information content (AvgIpc) is 3.08. The summed E-state index contributed by atoms with van der Waals surface area (Å²) in [6.07, 6.45) is 1.06. The Morgan fingerprint density at radius 2 is 2.00 bits per heavy atom. The van der Waals surface area contributed by atoms with Crippen LogP contribution < -0.4 is 10.2 Å². The first-order valence-corrected chi connectivity index (χ1v) is 8.30. The highest BCUT2D eigenvalue weighted by atomic mass is 16.1. The molecule has 0 unspecified atom stereocenters. The molecule has 0 fully saturated rings. The molecule has 1 aromatic heterocycles. The number of nitrogens with zero attached hydrogens (tertiary/aromatic N) is 1. The number of amides is 1. The Morgan fingerprint density at radius 3 is 2.71 bits per heavy atom. The molecule has 5 heteroatoms. The fourth-order valence-electron chi connectivity index (χ4n) is 3.47. The molecule has 0 saturated heterocycles. The Hall–Kier alpha value is -2.56. The molecule has 1 aromatic carbocycles. The second-order valence-corrected chi connectivity index (χ2v) is 6.30. The predicted octanol–water partition coefficient (Wildman–Crippen LogP) is 2.63. The number of hydrogen-bond donors (Lipinski definition) is 2. The minimum absolute atomic E-state index is 0.0525. The van der Waals surface area contributed by atoms with E-state index in [0.29, 0.717) is 17.8 Å². The van der Waals surface area contributed by atoms with Crippen molar-refractivity contribution in [2.75, 3.05) is 24.5 Å². The summed E-state index contributed by atoms with van der Waals surface area (Å²) in [5.41, 5.74) is 5.20. The fourth-order valence-corrected chi connectivity index (χ4v) is 3.47. The van der Waals surface area contributed by atoms with Gasteiger partial charge >= 0.3 is 0 Å². The molecule has 3 rings (SSSR count). The summed E-state index contributed by atoms with van der Waals surface area (Å²) in [7, 11) is 0. The van der Waals surface area contributed by atoms with Gasteiger partial charge in [-0.15, -0.1) is 0 Å². The second-order valence-electron chi connectivity index (χ2n) is 6.30. The standard InChI is InChI=1S/C19H23N3O2/c1-12-17(13(2)21-18(12)14(3)23)19(24)20-9-11-22-10-8-15-6-4-5-7-16(15)22/h4-7,21H,8-11H2,1-3H3,(H,20,24). The van der Waals surface area contributed by atoms with Crippen LogP contribution in [0, 0.1) is 13.8 Å². The van der Waals surface area contributed by atoms with Crippen LogP contribution in [0.2, 0.25) is 0 Å². The number of nitrogens with one attached hydrogen (secondary N) is 2. The molecule has 0 radical (unpaired) electrons. The number of hydrogen-bond acceptors (Lipinski definition) is 3. The van der Waals surface area contributed by atoms with Gasteiger partial charge in [0.05, 0.1) is 11.3 Å². The number of ketones is 1. The van der Waals surface area contributed by atoms with Crippen molar-refractivity contribution in [1.82, 2.24) is 10.3 Å². The van der Waals surface area contributed by atoms with Gasteiger partial charge in [-0.25, -0.2) is 0 Å². The number of aryl methyl sites for hydroxylation is 1. The van der Waals surface area contributed by atoms with Gasteiger partial charge in [0, 0.05) is 37.9 Å². The lowest BCUT2D eigenvalue weighted by atomic mass is 10.1. The number of benzene rings is 1. The maximum absolute atomic E-state index is 12.5. The summed E-state index contributed by atoms with van der Waals surface area (Å²) in [6, 6.07) is 8.40. The zero-order valence-corrected chi connectivity index (χ0v) is 14.4. The highest BCUT2D eigenvalue weighted by Gasteiger charge is 2.21. The van der Waals surface area contributed by atoms with Crippen molar-refractivity contribution >= 4 is 17.4 Å². The SMILES string of the molecule is CC(=O)c1[nH]c(C)c(C(=O)NCCN2CCc3ccccc32)c1C. The van der Waals surface area contributed by atoms with Gasteiger partial charge in [0.15, 0.2) is 5.78 Å². The number of carbonyl (C=O) groups excluding carboxylic acids is 2. The first-order valence-electron chi connectivity index (χ1n) is 8.30. The molecule has 0 saturated carbocycles. The zero-order valence-electron chi connectivity index (χ0n) is 14.4. The van der Waals surface area contributed by atoms with E-state index in [1.807, 2.05) is 19.9 Å². The maximum atomic E-state index is 12.5. The predicted molar refractivity (Wildman–Crippen MR) is 95.0 cm³/mol. The smallest absolute Gasteiger partial charge is 0.253 e. The van der Waals surface area contributed by atoms with E-state index in [9.17, 15) is 9.59 Å². The second kappa shape index (κ2) is 6.51. The Labute approximate surface area is 142 Å². The van der Waals surface area contributed by atoms with Crippen molar-refractivity contribution in [3.05, 3.63) is 52.3 Å². The van der Waals surface area contributed by atoms with Crippen LogP contribution >= 0.6 is 0 Å². The molecular formula is C19H23N3O2. The molecule has 0 spiro atoms. The number of fused-ring (bicyclic) bond motifs is 1. The van der Waals surface area contributed by atoms with Crippen LogP contribution in [-0.2, 0) is 6.42 Å². The summed E-state index contributed by atoms with van der Waals surface area (Å²) in [4.78, 5) is 29.4. The highest BCUT2D eigenvalue weighted by Crippen LogP contribution is 2.26. The van der Waals surface area contributed by atoms with Gasteiger partial charge in [0.25, 0.3) is 5.91 Å². The fraction of sp³-hybridized carbons (Fsp3) is 0.368. The van der Waals surface area contributed by atoms with Gasteiger partial charge in [-0.1, -0.05) is 18.2 Å². The van der Waals surface area contributed by atoms with Gasteiger partial charge in [0.1, 0.15) is 0 Å². The molecule has 2 N–H and O–H groups in total. The quantitative estimate of drug-likeness (QED) is 0.831. The molecule has 24 heavy (non-hydrogen) atoms. The lowest BCUT2D eigenvalue weighted by molar-refractivity contribution is 0.0953. The van der Waals surface area contributed by atoms with E-state index in [0.717, 1.165) is 30.8 Å². The molecule has 2 heterocycles. The monoisotopic (exact) mass is 325 g/mol. The van der Waals surface area contributed by atoms with Crippen LogP contribution in [0.3, 0.4) is 0 Å². The van der Waals surface area contributed by atoms with Gasteiger partial charge < -0.3 is 15.2 Å². The van der Waals surface area contributed by atoms with E-state index in [2.05, 4.69) is 33.4 Å². The molecule has 5 nitrogen and oxygen atoms in total. The third-order valence-electron chi connectivity index (χ3n) is 4.67.